The van der Waals surface area contributed by atoms with Crippen molar-refractivity contribution in [1.82, 2.24) is 15.1 Å². The van der Waals surface area contributed by atoms with Crippen LogP contribution in [0, 0.1) is 0 Å². The monoisotopic (exact) mass is 325 g/mol. The minimum atomic E-state index is 0. The Kier molecular flexibility index (Phi) is 9.07. The first-order valence-corrected chi connectivity index (χ1v) is 7.38. The molecule has 2 heterocycles. The van der Waals surface area contributed by atoms with Gasteiger partial charge in [0, 0.05) is 25.2 Å². The molecule has 0 saturated carbocycles. The first kappa shape index (κ1) is 20.0. The molecule has 1 N–H and O–H groups in total. The number of fused-ring (bicyclic) bond motifs is 2. The van der Waals surface area contributed by atoms with Crippen LogP contribution in [0.5, 0.6) is 0 Å². The van der Waals surface area contributed by atoms with Crippen LogP contribution < -0.4 is 5.32 Å². The predicted molar refractivity (Wildman–Crippen MR) is 88.0 cm³/mol. The van der Waals surface area contributed by atoms with E-state index in [1.165, 1.54) is 12.8 Å². The van der Waals surface area contributed by atoms with Crippen molar-refractivity contribution in [2.24, 2.45) is 0 Å². The average molecular weight is 326 g/mol. The van der Waals surface area contributed by atoms with Crippen molar-refractivity contribution in [1.29, 1.82) is 0 Å². The van der Waals surface area contributed by atoms with Crippen molar-refractivity contribution in [3.05, 3.63) is 0 Å². The van der Waals surface area contributed by atoms with Gasteiger partial charge in [-0.1, -0.05) is 13.8 Å². The van der Waals surface area contributed by atoms with Crippen LogP contribution in [-0.4, -0.2) is 60.5 Å². The van der Waals surface area contributed by atoms with Crippen LogP contribution in [0.3, 0.4) is 0 Å². The van der Waals surface area contributed by atoms with Gasteiger partial charge in [-0.05, 0) is 38.8 Å². The summed E-state index contributed by atoms with van der Waals surface area (Å²) in [5, 5.41) is 3.63. The number of carbonyl (C=O) groups is 1. The summed E-state index contributed by atoms with van der Waals surface area (Å²) >= 11 is 0. The van der Waals surface area contributed by atoms with E-state index >= 15 is 0 Å². The van der Waals surface area contributed by atoms with Crippen LogP contribution in [0.2, 0.25) is 0 Å². The van der Waals surface area contributed by atoms with Crippen molar-refractivity contribution in [3.63, 3.8) is 0 Å². The number of carbonyl (C=O) groups excluding carboxylic acids is 1. The average Bonchev–Trinajstić information content (AvgIpc) is 2.73. The van der Waals surface area contributed by atoms with Gasteiger partial charge in [0.15, 0.2) is 0 Å². The molecule has 20 heavy (non-hydrogen) atoms. The fraction of sp³-hybridized carbons (Fsp3) is 0.929. The number of nitrogens with one attached hydrogen (secondary N) is 1. The summed E-state index contributed by atoms with van der Waals surface area (Å²) in [4.78, 5) is 16.5. The Morgan fingerprint density at radius 3 is 2.05 bits per heavy atom. The van der Waals surface area contributed by atoms with E-state index in [4.69, 9.17) is 0 Å². The van der Waals surface area contributed by atoms with E-state index in [2.05, 4.69) is 24.1 Å². The molecule has 4 nitrogen and oxygen atoms in total. The molecule has 2 aliphatic heterocycles. The SMILES string of the molecule is CCN(CC)CC(=O)N(C)C1CC2CCC(C1)N2.Cl.Cl. The number of hydrogen-bond donors (Lipinski definition) is 1. The lowest BCUT2D eigenvalue weighted by molar-refractivity contribution is -0.133. The lowest BCUT2D eigenvalue weighted by Gasteiger charge is -2.36. The fourth-order valence-electron chi connectivity index (χ4n) is 3.30. The van der Waals surface area contributed by atoms with E-state index in [-0.39, 0.29) is 30.7 Å². The number of halogens is 2. The number of amides is 1. The molecule has 2 rings (SSSR count). The van der Waals surface area contributed by atoms with Gasteiger partial charge in [0.1, 0.15) is 0 Å². The standard InChI is InChI=1S/C14H27N3O.2ClH/c1-4-17(5-2)10-14(18)16(3)13-8-11-6-7-12(9-13)15-11;;/h11-13,15H,4-10H2,1-3H3;2*1H. The number of nitrogens with zero attached hydrogens (tertiary/aromatic N) is 2. The van der Waals surface area contributed by atoms with Crippen LogP contribution in [0.25, 0.3) is 0 Å². The third kappa shape index (κ3) is 4.76. The molecule has 6 heteroatoms. The maximum atomic E-state index is 12.3. The summed E-state index contributed by atoms with van der Waals surface area (Å²) in [5.74, 6) is 0.282. The summed E-state index contributed by atoms with van der Waals surface area (Å²) in [7, 11) is 1.99. The Labute approximate surface area is 135 Å². The minimum Gasteiger partial charge on any atom is -0.342 e. The zero-order valence-electron chi connectivity index (χ0n) is 12.8. The summed E-state index contributed by atoms with van der Waals surface area (Å²) < 4.78 is 0. The molecule has 2 atom stereocenters. The third-order valence-electron chi connectivity index (χ3n) is 4.64. The van der Waals surface area contributed by atoms with Crippen molar-refractivity contribution >= 4 is 30.7 Å². The van der Waals surface area contributed by atoms with Crippen LogP contribution in [-0.2, 0) is 4.79 Å². The lowest BCUT2D eigenvalue weighted by atomic mass is 9.98. The number of rotatable bonds is 5. The van der Waals surface area contributed by atoms with Crippen LogP contribution >= 0.6 is 24.8 Å². The van der Waals surface area contributed by atoms with Gasteiger partial charge >= 0.3 is 0 Å². The Hall–Kier alpha value is -0.0300. The molecule has 0 aliphatic carbocycles. The van der Waals surface area contributed by atoms with Crippen LogP contribution in [0.15, 0.2) is 0 Å². The van der Waals surface area contributed by atoms with Crippen molar-refractivity contribution in [3.8, 4) is 0 Å². The lowest BCUT2D eigenvalue weighted by Crippen LogP contribution is -2.50. The van der Waals surface area contributed by atoms with Gasteiger partial charge in [-0.3, -0.25) is 9.69 Å². The first-order chi connectivity index (χ1) is 8.63. The highest BCUT2D eigenvalue weighted by atomic mass is 35.5. The van der Waals surface area contributed by atoms with E-state index in [1.54, 1.807) is 0 Å². The summed E-state index contributed by atoms with van der Waals surface area (Å²) in [6, 6.07) is 1.75. The highest BCUT2D eigenvalue weighted by Crippen LogP contribution is 2.29. The van der Waals surface area contributed by atoms with Gasteiger partial charge in [0.25, 0.3) is 0 Å². The second kappa shape index (κ2) is 9.08. The number of piperidine rings is 1. The number of likely N-dealkylation sites (N-methyl/N-ethyl adjacent to an activating group) is 2. The Bertz CT molecular complexity index is 288. The summed E-state index contributed by atoms with van der Waals surface area (Å²) in [6.45, 7) is 6.70. The van der Waals surface area contributed by atoms with Gasteiger partial charge in [-0.25, -0.2) is 0 Å². The van der Waals surface area contributed by atoms with E-state index in [0.29, 0.717) is 24.7 Å². The van der Waals surface area contributed by atoms with Gasteiger partial charge in [0.2, 0.25) is 5.91 Å². The largest absolute Gasteiger partial charge is 0.342 e. The van der Waals surface area contributed by atoms with Gasteiger partial charge in [-0.15, -0.1) is 24.8 Å². The van der Waals surface area contributed by atoms with E-state index in [0.717, 1.165) is 25.9 Å². The highest BCUT2D eigenvalue weighted by Gasteiger charge is 2.36. The topological polar surface area (TPSA) is 35.6 Å². The van der Waals surface area contributed by atoms with Crippen molar-refractivity contribution in [2.75, 3.05) is 26.7 Å². The molecule has 2 bridgehead atoms. The molecule has 0 radical (unpaired) electrons. The zero-order chi connectivity index (χ0) is 13.1. The third-order valence-corrected chi connectivity index (χ3v) is 4.64. The smallest absolute Gasteiger partial charge is 0.236 e. The van der Waals surface area contributed by atoms with Gasteiger partial charge < -0.3 is 10.2 Å². The number of hydrogen-bond acceptors (Lipinski definition) is 3. The van der Waals surface area contributed by atoms with Crippen LogP contribution in [0.4, 0.5) is 0 Å². The second-order valence-electron chi connectivity index (χ2n) is 5.73. The fourth-order valence-corrected chi connectivity index (χ4v) is 3.30. The van der Waals surface area contributed by atoms with E-state index < -0.39 is 0 Å². The quantitative estimate of drug-likeness (QED) is 0.838. The predicted octanol–water partition coefficient (Wildman–Crippen LogP) is 1.91. The molecule has 2 fully saturated rings. The normalized spacial score (nSPS) is 27.7. The van der Waals surface area contributed by atoms with Gasteiger partial charge in [-0.2, -0.15) is 0 Å². The Balaban J connectivity index is 0.00000180. The minimum absolute atomic E-state index is 0. The molecule has 2 saturated heterocycles. The zero-order valence-corrected chi connectivity index (χ0v) is 14.4. The van der Waals surface area contributed by atoms with Crippen molar-refractivity contribution in [2.45, 2.75) is 57.7 Å². The Morgan fingerprint density at radius 2 is 1.60 bits per heavy atom. The molecule has 1 amide bonds. The molecule has 2 unspecified atom stereocenters. The summed E-state index contributed by atoms with van der Waals surface area (Å²) in [5.41, 5.74) is 0. The van der Waals surface area contributed by atoms with Crippen molar-refractivity contribution < 1.29 is 4.79 Å². The molecular weight excluding hydrogens is 297 g/mol. The maximum Gasteiger partial charge on any atom is 0.236 e. The molecule has 0 aromatic rings. The maximum absolute atomic E-state index is 12.3. The van der Waals surface area contributed by atoms with E-state index in [1.807, 2.05) is 11.9 Å². The van der Waals surface area contributed by atoms with Gasteiger partial charge in [0.05, 0.1) is 6.54 Å². The molecule has 0 spiro atoms. The summed E-state index contributed by atoms with van der Waals surface area (Å²) in [6.07, 6.45) is 4.85. The molecule has 120 valence electrons. The molecular formula is C14H29Cl2N3O. The molecule has 0 aromatic carbocycles. The molecule has 0 aromatic heterocycles. The second-order valence-corrected chi connectivity index (χ2v) is 5.73. The first-order valence-electron chi connectivity index (χ1n) is 7.38. The Morgan fingerprint density at radius 1 is 1.10 bits per heavy atom. The molecule has 2 aliphatic rings. The highest BCUT2D eigenvalue weighted by molar-refractivity contribution is 5.85. The van der Waals surface area contributed by atoms with Crippen LogP contribution in [0.1, 0.15) is 39.5 Å². The van der Waals surface area contributed by atoms with E-state index in [9.17, 15) is 4.79 Å².